The van der Waals surface area contributed by atoms with Crippen molar-refractivity contribution in [1.29, 1.82) is 0 Å². The van der Waals surface area contributed by atoms with E-state index in [0.29, 0.717) is 23.8 Å². The summed E-state index contributed by atoms with van der Waals surface area (Å²) in [6.45, 7) is 7.46. The summed E-state index contributed by atoms with van der Waals surface area (Å²) in [5.74, 6) is 3.15. The first-order valence-corrected chi connectivity index (χ1v) is 9.99. The third kappa shape index (κ3) is 3.31. The Morgan fingerprint density at radius 1 is 1.12 bits per heavy atom. The highest BCUT2D eigenvalue weighted by Crippen LogP contribution is 2.37. The molecule has 4 rings (SSSR count). The Bertz CT molecular complexity index is 612. The maximum absolute atomic E-state index is 11.6. The van der Waals surface area contributed by atoms with Gasteiger partial charge in [-0.15, -0.1) is 0 Å². The lowest BCUT2D eigenvalue weighted by Crippen LogP contribution is -2.54. The number of piperazine rings is 1. The Hall–Kier alpha value is -1.49. The van der Waals surface area contributed by atoms with Crippen molar-refractivity contribution in [2.45, 2.75) is 70.4 Å². The van der Waals surface area contributed by atoms with Crippen LogP contribution in [0.2, 0.25) is 0 Å². The minimum absolute atomic E-state index is 0.261. The van der Waals surface area contributed by atoms with Gasteiger partial charge in [0.1, 0.15) is 17.4 Å². The van der Waals surface area contributed by atoms with Crippen molar-refractivity contribution in [3.8, 4) is 0 Å². The summed E-state index contributed by atoms with van der Waals surface area (Å²) in [5.41, 5.74) is 0. The minimum atomic E-state index is 0.261. The van der Waals surface area contributed by atoms with Crippen LogP contribution >= 0.6 is 0 Å². The molecular formula is C20H30N4O. The van der Waals surface area contributed by atoms with Gasteiger partial charge in [0.05, 0.1) is 0 Å². The van der Waals surface area contributed by atoms with Crippen molar-refractivity contribution in [1.82, 2.24) is 14.9 Å². The van der Waals surface area contributed by atoms with Crippen molar-refractivity contribution in [3.63, 3.8) is 0 Å². The normalized spacial score (nSPS) is 32.8. The number of ketones is 1. The number of hydrogen-bond acceptors (Lipinski definition) is 5. The van der Waals surface area contributed by atoms with Crippen LogP contribution in [0.5, 0.6) is 0 Å². The summed E-state index contributed by atoms with van der Waals surface area (Å²) in [4.78, 5) is 26.3. The summed E-state index contributed by atoms with van der Waals surface area (Å²) in [6.07, 6.45) is 8.59. The molecule has 2 aliphatic heterocycles. The Morgan fingerprint density at radius 2 is 1.80 bits per heavy atom. The van der Waals surface area contributed by atoms with Crippen LogP contribution in [0.4, 0.5) is 5.82 Å². The molecule has 0 spiro atoms. The summed E-state index contributed by atoms with van der Waals surface area (Å²) in [5, 5.41) is 0. The molecule has 2 unspecified atom stereocenters. The van der Waals surface area contributed by atoms with E-state index >= 15 is 0 Å². The number of anilines is 1. The van der Waals surface area contributed by atoms with E-state index in [1.54, 1.807) is 6.92 Å². The Labute approximate surface area is 150 Å². The van der Waals surface area contributed by atoms with Gasteiger partial charge in [0.2, 0.25) is 0 Å². The van der Waals surface area contributed by atoms with Gasteiger partial charge in [-0.05, 0) is 58.1 Å². The topological polar surface area (TPSA) is 49.3 Å². The van der Waals surface area contributed by atoms with E-state index in [1.807, 2.05) is 6.20 Å². The van der Waals surface area contributed by atoms with Crippen molar-refractivity contribution in [3.05, 3.63) is 18.1 Å². The molecule has 3 aliphatic rings. The smallest absolute Gasteiger partial charge is 0.133 e. The average Bonchev–Trinajstić information content (AvgIpc) is 2.91. The van der Waals surface area contributed by atoms with Gasteiger partial charge < -0.3 is 4.90 Å². The second kappa shape index (κ2) is 7.02. The lowest BCUT2D eigenvalue weighted by molar-refractivity contribution is -0.121. The zero-order valence-corrected chi connectivity index (χ0v) is 15.5. The quantitative estimate of drug-likeness (QED) is 0.842. The Morgan fingerprint density at radius 3 is 2.40 bits per heavy atom. The lowest BCUT2D eigenvalue weighted by atomic mass is 9.80. The van der Waals surface area contributed by atoms with Gasteiger partial charge >= 0.3 is 0 Å². The zero-order valence-electron chi connectivity index (χ0n) is 15.5. The van der Waals surface area contributed by atoms with Crippen LogP contribution in [0.1, 0.15) is 64.1 Å². The Balaban J connectivity index is 1.48. The van der Waals surface area contributed by atoms with Crippen LogP contribution in [0, 0.1) is 5.92 Å². The Kier molecular flexibility index (Phi) is 4.76. The number of carbonyl (C=O) groups excluding carboxylic acids is 1. The molecule has 3 fully saturated rings. The van der Waals surface area contributed by atoms with Crippen molar-refractivity contribution in [2.75, 3.05) is 24.5 Å². The fourth-order valence-electron chi connectivity index (χ4n) is 5.08. The standard InChI is InChI=1S/C20H30N4O/c1-3-23-12-17-8-9-18(13-23)24(17)19-10-11-21-20(22-19)16-6-4-15(5-7-16)14(2)25/h10-11,15-18H,3-9,12-13H2,1-2H3. The largest absolute Gasteiger partial charge is 0.348 e. The third-order valence-electron chi connectivity index (χ3n) is 6.60. The average molecular weight is 342 g/mol. The minimum Gasteiger partial charge on any atom is -0.348 e. The predicted molar refractivity (Wildman–Crippen MR) is 98.8 cm³/mol. The molecule has 1 aliphatic carbocycles. The highest BCUT2D eigenvalue weighted by molar-refractivity contribution is 5.78. The molecule has 2 bridgehead atoms. The molecule has 5 heteroatoms. The van der Waals surface area contributed by atoms with E-state index in [9.17, 15) is 4.79 Å². The number of likely N-dealkylation sites (N-methyl/N-ethyl adjacent to an activating group) is 1. The number of hydrogen-bond donors (Lipinski definition) is 0. The molecule has 1 saturated carbocycles. The summed E-state index contributed by atoms with van der Waals surface area (Å²) in [7, 11) is 0. The molecule has 5 nitrogen and oxygen atoms in total. The first-order valence-electron chi connectivity index (χ1n) is 9.99. The van der Waals surface area contributed by atoms with Crippen LogP contribution < -0.4 is 4.90 Å². The van der Waals surface area contributed by atoms with Crippen molar-refractivity contribution in [2.24, 2.45) is 5.92 Å². The third-order valence-corrected chi connectivity index (χ3v) is 6.60. The number of nitrogens with zero attached hydrogens (tertiary/aromatic N) is 4. The SMILES string of the molecule is CCN1CC2CCC(C1)N2c1ccnc(C2CCC(C(C)=O)CC2)n1. The lowest BCUT2D eigenvalue weighted by Gasteiger charge is -2.41. The molecule has 136 valence electrons. The van der Waals surface area contributed by atoms with Crippen LogP contribution in [0.25, 0.3) is 0 Å². The first-order chi connectivity index (χ1) is 12.2. The number of likely N-dealkylation sites (tertiary alicyclic amines) is 1. The van der Waals surface area contributed by atoms with Gasteiger partial charge in [0.25, 0.3) is 0 Å². The molecule has 0 radical (unpaired) electrons. The summed E-state index contributed by atoms with van der Waals surface area (Å²) >= 11 is 0. The maximum atomic E-state index is 11.6. The van der Waals surface area contributed by atoms with Gasteiger partial charge in [-0.25, -0.2) is 9.97 Å². The fraction of sp³-hybridized carbons (Fsp3) is 0.750. The number of aromatic nitrogens is 2. The second-order valence-corrected chi connectivity index (χ2v) is 8.08. The van der Waals surface area contributed by atoms with Crippen LogP contribution in [0.15, 0.2) is 12.3 Å². The second-order valence-electron chi connectivity index (χ2n) is 8.08. The molecule has 0 N–H and O–H groups in total. The zero-order chi connectivity index (χ0) is 17.4. The van der Waals surface area contributed by atoms with E-state index < -0.39 is 0 Å². The van der Waals surface area contributed by atoms with Gasteiger partial charge in [-0.1, -0.05) is 6.92 Å². The van der Waals surface area contributed by atoms with Gasteiger partial charge in [0, 0.05) is 43.2 Å². The highest BCUT2D eigenvalue weighted by Gasteiger charge is 2.40. The van der Waals surface area contributed by atoms with Crippen LogP contribution in [-0.2, 0) is 4.79 Å². The van der Waals surface area contributed by atoms with Gasteiger partial charge in [-0.2, -0.15) is 0 Å². The molecule has 2 atom stereocenters. The van der Waals surface area contributed by atoms with Crippen LogP contribution in [0.3, 0.4) is 0 Å². The van der Waals surface area contributed by atoms with E-state index in [1.165, 1.54) is 12.8 Å². The number of fused-ring (bicyclic) bond motifs is 2. The van der Waals surface area contributed by atoms with E-state index in [4.69, 9.17) is 4.98 Å². The molecule has 0 aromatic carbocycles. The molecular weight excluding hydrogens is 312 g/mol. The van der Waals surface area contributed by atoms with Gasteiger partial charge in [0.15, 0.2) is 0 Å². The van der Waals surface area contributed by atoms with E-state index in [2.05, 4.69) is 27.8 Å². The number of rotatable bonds is 4. The molecule has 2 saturated heterocycles. The summed E-state index contributed by atoms with van der Waals surface area (Å²) < 4.78 is 0. The van der Waals surface area contributed by atoms with Crippen LogP contribution in [-0.4, -0.2) is 52.4 Å². The highest BCUT2D eigenvalue weighted by atomic mass is 16.1. The summed E-state index contributed by atoms with van der Waals surface area (Å²) in [6, 6.07) is 3.31. The molecule has 1 aromatic heterocycles. The molecule has 25 heavy (non-hydrogen) atoms. The number of carbonyl (C=O) groups is 1. The fourth-order valence-corrected chi connectivity index (χ4v) is 5.08. The van der Waals surface area contributed by atoms with E-state index in [0.717, 1.165) is 57.0 Å². The van der Waals surface area contributed by atoms with E-state index in [-0.39, 0.29) is 5.92 Å². The molecule has 1 aromatic rings. The monoisotopic (exact) mass is 342 g/mol. The molecule has 3 heterocycles. The van der Waals surface area contributed by atoms with Crippen molar-refractivity contribution < 1.29 is 4.79 Å². The van der Waals surface area contributed by atoms with Crippen molar-refractivity contribution >= 4 is 11.6 Å². The number of Topliss-reactive ketones (excluding diaryl/α,β-unsaturated/α-hetero) is 1. The van der Waals surface area contributed by atoms with Gasteiger partial charge in [-0.3, -0.25) is 9.69 Å². The predicted octanol–water partition coefficient (Wildman–Crippen LogP) is 3.01. The molecule has 0 amide bonds. The first kappa shape index (κ1) is 17.0. The maximum Gasteiger partial charge on any atom is 0.133 e.